The van der Waals surface area contributed by atoms with Gasteiger partial charge in [0.1, 0.15) is 0 Å². The standard InChI is InChI=1S/C46H32N4S2/c47-45-43(29-21-25-31(26-22-29)49-35-13-3-7-17-39(35)51-40-18-8-4-14-36(40)49)33-11-1-2-12-34(33)44(46(45)48)30-23-27-32(28-24-30)50-37-15-5-9-19-41(37)52-42-20-10-6-16-38(42)50/h1-28H,47-48H2. The summed E-state index contributed by atoms with van der Waals surface area (Å²) in [6, 6.07) is 60.2. The van der Waals surface area contributed by atoms with E-state index >= 15 is 0 Å². The molecule has 10 rings (SSSR count). The molecule has 2 aliphatic rings. The van der Waals surface area contributed by atoms with Gasteiger partial charge in [-0.25, -0.2) is 0 Å². The molecule has 0 aliphatic carbocycles. The number of hydrogen-bond acceptors (Lipinski definition) is 6. The number of benzene rings is 8. The summed E-state index contributed by atoms with van der Waals surface area (Å²) in [6.45, 7) is 0. The predicted octanol–water partition coefficient (Wildman–Crippen LogP) is 13.2. The Morgan fingerprint density at radius 1 is 0.327 bits per heavy atom. The minimum atomic E-state index is 0.589. The van der Waals surface area contributed by atoms with Crippen LogP contribution in [0.1, 0.15) is 0 Å². The maximum atomic E-state index is 7.03. The molecule has 0 saturated carbocycles. The van der Waals surface area contributed by atoms with Crippen molar-refractivity contribution < 1.29 is 0 Å². The van der Waals surface area contributed by atoms with Crippen LogP contribution in [-0.4, -0.2) is 0 Å². The molecule has 6 heteroatoms. The van der Waals surface area contributed by atoms with Crippen molar-refractivity contribution >= 4 is 79.8 Å². The zero-order valence-corrected chi connectivity index (χ0v) is 29.7. The van der Waals surface area contributed by atoms with Crippen molar-refractivity contribution in [3.05, 3.63) is 170 Å². The third kappa shape index (κ3) is 4.87. The molecule has 4 N–H and O–H groups in total. The van der Waals surface area contributed by atoms with Gasteiger partial charge < -0.3 is 21.3 Å². The first-order valence-corrected chi connectivity index (χ1v) is 18.9. The average molecular weight is 705 g/mol. The number of rotatable bonds is 4. The molecule has 0 spiro atoms. The van der Waals surface area contributed by atoms with Gasteiger partial charge in [-0.3, -0.25) is 0 Å². The predicted molar refractivity (Wildman–Crippen MR) is 221 cm³/mol. The first-order valence-electron chi connectivity index (χ1n) is 17.3. The van der Waals surface area contributed by atoms with Crippen LogP contribution in [0, 0.1) is 0 Å². The van der Waals surface area contributed by atoms with Gasteiger partial charge in [-0.15, -0.1) is 0 Å². The number of nitrogen functional groups attached to an aromatic ring is 2. The molecule has 248 valence electrons. The largest absolute Gasteiger partial charge is 0.397 e. The second-order valence-corrected chi connectivity index (χ2v) is 15.1. The third-order valence-electron chi connectivity index (χ3n) is 9.99. The average Bonchev–Trinajstić information content (AvgIpc) is 3.20. The topological polar surface area (TPSA) is 58.5 Å². The molecule has 0 saturated heterocycles. The molecule has 2 aliphatic heterocycles. The maximum absolute atomic E-state index is 7.03. The summed E-state index contributed by atoms with van der Waals surface area (Å²) in [5.74, 6) is 0. The molecule has 2 heterocycles. The molecule has 0 amide bonds. The Hall–Kier alpha value is -6.08. The molecule has 0 unspecified atom stereocenters. The van der Waals surface area contributed by atoms with E-state index in [2.05, 4.69) is 180 Å². The molecule has 0 bridgehead atoms. The lowest BCUT2D eigenvalue weighted by atomic mass is 9.89. The summed E-state index contributed by atoms with van der Waals surface area (Å²) in [6.07, 6.45) is 0. The monoisotopic (exact) mass is 704 g/mol. The molecule has 8 aromatic carbocycles. The number of nitrogens with two attached hydrogens (primary N) is 2. The second kappa shape index (κ2) is 12.3. The van der Waals surface area contributed by atoms with E-state index < -0.39 is 0 Å². The van der Waals surface area contributed by atoms with Gasteiger partial charge in [0, 0.05) is 42.1 Å². The summed E-state index contributed by atoms with van der Waals surface area (Å²) < 4.78 is 0. The van der Waals surface area contributed by atoms with E-state index in [0.717, 1.165) is 44.4 Å². The summed E-state index contributed by atoms with van der Waals surface area (Å²) >= 11 is 3.63. The van der Waals surface area contributed by atoms with Gasteiger partial charge in [0.25, 0.3) is 0 Å². The van der Waals surface area contributed by atoms with E-state index in [-0.39, 0.29) is 0 Å². The lowest BCUT2D eigenvalue weighted by molar-refractivity contribution is 1.17. The lowest BCUT2D eigenvalue weighted by Crippen LogP contribution is -2.14. The summed E-state index contributed by atoms with van der Waals surface area (Å²) in [7, 11) is 0. The highest BCUT2D eigenvalue weighted by molar-refractivity contribution is 8.00. The number of hydrogen-bond donors (Lipinski definition) is 2. The van der Waals surface area contributed by atoms with Crippen LogP contribution >= 0.6 is 23.5 Å². The summed E-state index contributed by atoms with van der Waals surface area (Å²) in [4.78, 5) is 9.63. The second-order valence-electron chi connectivity index (χ2n) is 13.0. The third-order valence-corrected chi connectivity index (χ3v) is 12.2. The molecule has 52 heavy (non-hydrogen) atoms. The lowest BCUT2D eigenvalue weighted by Gasteiger charge is -2.33. The highest BCUT2D eigenvalue weighted by atomic mass is 32.2. The van der Waals surface area contributed by atoms with Crippen LogP contribution < -0.4 is 21.3 Å². The molecule has 8 aromatic rings. The van der Waals surface area contributed by atoms with Crippen molar-refractivity contribution in [1.29, 1.82) is 0 Å². The van der Waals surface area contributed by atoms with Gasteiger partial charge >= 0.3 is 0 Å². The van der Waals surface area contributed by atoms with Gasteiger partial charge in [-0.1, -0.05) is 121 Å². The van der Waals surface area contributed by atoms with E-state index in [1.807, 2.05) is 23.5 Å². The zero-order valence-electron chi connectivity index (χ0n) is 28.0. The zero-order chi connectivity index (χ0) is 34.8. The van der Waals surface area contributed by atoms with Crippen LogP contribution in [0.5, 0.6) is 0 Å². The van der Waals surface area contributed by atoms with Crippen LogP contribution in [0.2, 0.25) is 0 Å². The van der Waals surface area contributed by atoms with Gasteiger partial charge in [0.05, 0.1) is 34.1 Å². The molecule has 0 fully saturated rings. The first kappa shape index (κ1) is 30.7. The smallest absolute Gasteiger partial charge is 0.0640 e. The van der Waals surface area contributed by atoms with Crippen molar-refractivity contribution in [2.24, 2.45) is 0 Å². The SMILES string of the molecule is Nc1c(N)c(-c2ccc(N3c4ccccc4Sc4ccccc43)cc2)c2ccccc2c1-c1ccc(N2c3ccccc3Sc3ccccc32)cc1. The Bertz CT molecular complexity index is 2390. The number of para-hydroxylation sites is 4. The fourth-order valence-corrected chi connectivity index (χ4v) is 9.74. The molecule has 4 nitrogen and oxygen atoms in total. The number of fused-ring (bicyclic) bond motifs is 5. The van der Waals surface area contributed by atoms with Crippen LogP contribution in [0.4, 0.5) is 45.5 Å². The normalized spacial score (nSPS) is 12.9. The van der Waals surface area contributed by atoms with Gasteiger partial charge in [0.15, 0.2) is 0 Å². The van der Waals surface area contributed by atoms with Crippen LogP contribution in [-0.2, 0) is 0 Å². The van der Waals surface area contributed by atoms with Crippen molar-refractivity contribution in [2.75, 3.05) is 21.3 Å². The van der Waals surface area contributed by atoms with Crippen molar-refractivity contribution in [2.45, 2.75) is 19.6 Å². The minimum absolute atomic E-state index is 0.589. The van der Waals surface area contributed by atoms with Crippen molar-refractivity contribution in [1.82, 2.24) is 0 Å². The van der Waals surface area contributed by atoms with Gasteiger partial charge in [0.2, 0.25) is 0 Å². The maximum Gasteiger partial charge on any atom is 0.0640 e. The molecule has 0 atom stereocenters. The fraction of sp³-hybridized carbons (Fsp3) is 0. The fourth-order valence-electron chi connectivity index (χ4n) is 7.62. The number of nitrogens with zero attached hydrogens (tertiary/aromatic N) is 2. The molecule has 0 aromatic heterocycles. The number of anilines is 8. The summed E-state index contributed by atoms with van der Waals surface area (Å²) in [5.41, 5.74) is 26.1. The van der Waals surface area contributed by atoms with Crippen LogP contribution in [0.15, 0.2) is 189 Å². The Balaban J connectivity index is 1.05. The Labute approximate surface area is 311 Å². The van der Waals surface area contributed by atoms with Crippen molar-refractivity contribution in [3.8, 4) is 22.3 Å². The Morgan fingerprint density at radius 2 is 0.615 bits per heavy atom. The van der Waals surface area contributed by atoms with Gasteiger partial charge in [-0.05, 0) is 94.7 Å². The Morgan fingerprint density at radius 3 is 0.942 bits per heavy atom. The van der Waals surface area contributed by atoms with E-state index in [1.165, 1.54) is 42.3 Å². The van der Waals surface area contributed by atoms with E-state index in [0.29, 0.717) is 11.4 Å². The first-order chi connectivity index (χ1) is 25.6. The van der Waals surface area contributed by atoms with E-state index in [9.17, 15) is 0 Å². The van der Waals surface area contributed by atoms with Crippen molar-refractivity contribution in [3.63, 3.8) is 0 Å². The quantitative estimate of drug-likeness (QED) is 0.178. The van der Waals surface area contributed by atoms with Crippen LogP contribution in [0.3, 0.4) is 0 Å². The van der Waals surface area contributed by atoms with Crippen LogP contribution in [0.25, 0.3) is 33.0 Å². The highest BCUT2D eigenvalue weighted by Crippen LogP contribution is 2.53. The van der Waals surface area contributed by atoms with E-state index in [1.54, 1.807) is 0 Å². The summed E-state index contributed by atoms with van der Waals surface area (Å²) in [5, 5.41) is 2.14. The van der Waals surface area contributed by atoms with E-state index in [4.69, 9.17) is 11.5 Å². The molecular formula is C46H32N4S2. The minimum Gasteiger partial charge on any atom is -0.397 e. The Kier molecular flexibility index (Phi) is 7.27. The van der Waals surface area contributed by atoms with Gasteiger partial charge in [-0.2, -0.15) is 0 Å². The molecular weight excluding hydrogens is 673 g/mol. The molecule has 0 radical (unpaired) electrons. The highest BCUT2D eigenvalue weighted by Gasteiger charge is 2.26.